The van der Waals surface area contributed by atoms with Crippen molar-refractivity contribution in [3.63, 3.8) is 0 Å². The van der Waals surface area contributed by atoms with Crippen LogP contribution >= 0.6 is 0 Å². The van der Waals surface area contributed by atoms with Crippen LogP contribution < -0.4 is 0 Å². The Kier molecular flexibility index (Phi) is 61.8. The molecule has 1 unspecified atom stereocenters. The van der Waals surface area contributed by atoms with Crippen molar-refractivity contribution in [2.24, 2.45) is 0 Å². The van der Waals surface area contributed by atoms with Gasteiger partial charge in [0.25, 0.3) is 0 Å². The van der Waals surface area contributed by atoms with Crippen molar-refractivity contribution in [2.75, 3.05) is 13.2 Å². The van der Waals surface area contributed by atoms with E-state index in [-0.39, 0.29) is 31.1 Å². The number of hydrogen-bond donors (Lipinski definition) is 0. The lowest BCUT2D eigenvalue weighted by atomic mass is 10.1. The van der Waals surface area contributed by atoms with E-state index in [1.807, 2.05) is 0 Å². The summed E-state index contributed by atoms with van der Waals surface area (Å²) < 4.78 is 16.9. The van der Waals surface area contributed by atoms with Gasteiger partial charge < -0.3 is 14.2 Å². The van der Waals surface area contributed by atoms with Crippen LogP contribution in [0.5, 0.6) is 0 Å². The molecule has 6 heteroatoms. The molecule has 0 aliphatic heterocycles. The quantitative estimate of drug-likeness (QED) is 0.0261. The Morgan fingerprint density at radius 3 is 0.821 bits per heavy atom. The van der Waals surface area contributed by atoms with Crippen molar-refractivity contribution < 1.29 is 28.6 Å². The van der Waals surface area contributed by atoms with Gasteiger partial charge in [-0.25, -0.2) is 0 Å². The fraction of sp³-hybridized carbons (Fsp3) is 0.681. The summed E-state index contributed by atoms with van der Waals surface area (Å²) in [5.74, 6) is -0.917. The van der Waals surface area contributed by atoms with Crippen molar-refractivity contribution in [1.29, 1.82) is 0 Å². The Morgan fingerprint density at radius 2 is 0.500 bits per heavy atom. The number of carbonyl (C=O) groups is 3. The third-order valence-electron chi connectivity index (χ3n) is 13.7. The van der Waals surface area contributed by atoms with Crippen molar-refractivity contribution >= 4 is 17.9 Å². The zero-order valence-corrected chi connectivity index (χ0v) is 50.9. The number of unbranched alkanes of at least 4 members (excludes halogenated alkanes) is 27. The summed E-state index contributed by atoms with van der Waals surface area (Å²) in [6.45, 7) is 6.48. The number of carbonyl (C=O) groups excluding carboxylic acids is 3. The summed E-state index contributed by atoms with van der Waals surface area (Å²) >= 11 is 0. The van der Waals surface area contributed by atoms with E-state index in [9.17, 15) is 14.4 Å². The van der Waals surface area contributed by atoms with Gasteiger partial charge in [-0.3, -0.25) is 14.4 Å². The average Bonchev–Trinajstić information content (AvgIpc) is 3.44. The van der Waals surface area contributed by atoms with E-state index in [1.165, 1.54) is 122 Å². The molecule has 0 rings (SSSR count). The maximum Gasteiger partial charge on any atom is 0.306 e. The van der Waals surface area contributed by atoms with E-state index >= 15 is 0 Å². The SMILES string of the molecule is CC/C=C\C/C=C\C/C=C\C/C=C\C/C=C\C/C=C\CCCCCCCCCCC(=O)OCC(COC(=O)CCCCCCC/C=C\CCCCC)OC(=O)CCCCCCCC/C=C\C/C=C\C/C=C\CCCCCCC. The number of rotatable bonds is 58. The Labute approximate surface area is 482 Å². The molecule has 0 fully saturated rings. The molecule has 0 aromatic rings. The Bertz CT molecular complexity index is 1620. The second kappa shape index (κ2) is 65.3. The van der Waals surface area contributed by atoms with Crippen LogP contribution in [0.1, 0.15) is 297 Å². The first-order valence-electron chi connectivity index (χ1n) is 32.5. The second-order valence-electron chi connectivity index (χ2n) is 21.3. The van der Waals surface area contributed by atoms with Gasteiger partial charge >= 0.3 is 17.9 Å². The minimum atomic E-state index is -0.796. The van der Waals surface area contributed by atoms with Crippen LogP contribution in [0.3, 0.4) is 0 Å². The standard InChI is InChI=1S/C72H120O6/c1-4-7-10-13-16-19-22-25-27-29-31-33-34-35-36-37-38-40-41-43-45-47-50-53-56-59-62-65-71(74)77-68-69(67-76-70(73)64-61-58-55-52-49-24-21-18-15-12-9-6-3)78-72(75)66-63-60-57-54-51-48-46-44-42-39-32-30-28-26-23-20-17-14-11-8-5-2/h7,10,16,18-19,21,23,25-27,30-33,35-36,38,40,42,44,69H,4-6,8-9,11-15,17,20,22,24,28-29,34,37,39,41,43,45-68H2,1-3H3/b10-7-,19-16-,21-18-,26-23-,27-25-,32-30-,33-31-,36-35-,40-38-,44-42-. The minimum Gasteiger partial charge on any atom is -0.462 e. The predicted molar refractivity (Wildman–Crippen MR) is 339 cm³/mol. The summed E-state index contributed by atoms with van der Waals surface area (Å²) in [4.78, 5) is 38.3. The van der Waals surface area contributed by atoms with Gasteiger partial charge in [0.05, 0.1) is 0 Å². The fourth-order valence-electron chi connectivity index (χ4n) is 8.80. The molecule has 0 aliphatic rings. The van der Waals surface area contributed by atoms with Crippen LogP contribution in [0.2, 0.25) is 0 Å². The summed E-state index contributed by atoms with van der Waals surface area (Å²) in [6, 6.07) is 0. The molecule has 6 nitrogen and oxygen atoms in total. The Balaban J connectivity index is 4.36. The average molecular weight is 1080 g/mol. The number of ether oxygens (including phenoxy) is 3. The molecule has 0 saturated carbocycles. The first-order valence-corrected chi connectivity index (χ1v) is 32.5. The summed E-state index contributed by atoms with van der Waals surface area (Å²) in [5, 5.41) is 0. The minimum absolute atomic E-state index is 0.0920. The Hall–Kier alpha value is -4.19. The van der Waals surface area contributed by atoms with Crippen LogP contribution in [-0.2, 0) is 28.6 Å². The van der Waals surface area contributed by atoms with Crippen LogP contribution in [0, 0.1) is 0 Å². The molecule has 78 heavy (non-hydrogen) atoms. The van der Waals surface area contributed by atoms with Crippen molar-refractivity contribution in [3.05, 3.63) is 122 Å². The van der Waals surface area contributed by atoms with Crippen LogP contribution in [0.25, 0.3) is 0 Å². The molecule has 0 spiro atoms. The van der Waals surface area contributed by atoms with Gasteiger partial charge in [-0.15, -0.1) is 0 Å². The zero-order chi connectivity index (χ0) is 56.4. The molecule has 0 amide bonds. The predicted octanol–water partition coefficient (Wildman–Crippen LogP) is 22.4. The van der Waals surface area contributed by atoms with Gasteiger partial charge in [-0.1, -0.05) is 264 Å². The topological polar surface area (TPSA) is 78.9 Å². The van der Waals surface area contributed by atoms with E-state index < -0.39 is 6.10 Å². The normalized spacial score (nSPS) is 12.9. The van der Waals surface area contributed by atoms with E-state index in [0.29, 0.717) is 19.3 Å². The number of allylic oxidation sites excluding steroid dienone is 20. The van der Waals surface area contributed by atoms with Crippen molar-refractivity contribution in [3.8, 4) is 0 Å². The first-order chi connectivity index (χ1) is 38.5. The van der Waals surface area contributed by atoms with Crippen LogP contribution in [0.15, 0.2) is 122 Å². The van der Waals surface area contributed by atoms with E-state index in [0.717, 1.165) is 135 Å². The van der Waals surface area contributed by atoms with E-state index in [1.54, 1.807) is 0 Å². The molecule has 444 valence electrons. The third kappa shape index (κ3) is 62.7. The van der Waals surface area contributed by atoms with Crippen LogP contribution in [-0.4, -0.2) is 37.2 Å². The first kappa shape index (κ1) is 73.8. The molecule has 0 aliphatic carbocycles. The van der Waals surface area contributed by atoms with Gasteiger partial charge in [0.15, 0.2) is 6.10 Å². The van der Waals surface area contributed by atoms with Crippen LogP contribution in [0.4, 0.5) is 0 Å². The molecule has 0 radical (unpaired) electrons. The maximum absolute atomic E-state index is 12.9. The van der Waals surface area contributed by atoms with Gasteiger partial charge in [0.1, 0.15) is 13.2 Å². The molecule has 0 aromatic heterocycles. The molecule has 0 N–H and O–H groups in total. The highest BCUT2D eigenvalue weighted by Gasteiger charge is 2.19. The Morgan fingerprint density at radius 1 is 0.269 bits per heavy atom. The van der Waals surface area contributed by atoms with Crippen molar-refractivity contribution in [2.45, 2.75) is 303 Å². The lowest BCUT2D eigenvalue weighted by Crippen LogP contribution is -2.30. The highest BCUT2D eigenvalue weighted by Crippen LogP contribution is 2.15. The molecule has 0 saturated heterocycles. The zero-order valence-electron chi connectivity index (χ0n) is 50.9. The summed E-state index contributed by atoms with van der Waals surface area (Å²) in [7, 11) is 0. The lowest BCUT2D eigenvalue weighted by Gasteiger charge is -2.18. The van der Waals surface area contributed by atoms with E-state index in [4.69, 9.17) is 14.2 Å². The summed E-state index contributed by atoms with van der Waals surface area (Å²) in [6.07, 6.45) is 90.6. The monoisotopic (exact) mass is 1080 g/mol. The molecule has 0 bridgehead atoms. The van der Waals surface area contributed by atoms with Gasteiger partial charge in [-0.2, -0.15) is 0 Å². The van der Waals surface area contributed by atoms with E-state index in [2.05, 4.69) is 142 Å². The molecular weight excluding hydrogens is 961 g/mol. The molecule has 1 atom stereocenters. The lowest BCUT2D eigenvalue weighted by molar-refractivity contribution is -0.167. The third-order valence-corrected chi connectivity index (χ3v) is 13.7. The molecule has 0 heterocycles. The number of esters is 3. The van der Waals surface area contributed by atoms with Gasteiger partial charge in [0.2, 0.25) is 0 Å². The molecule has 0 aromatic carbocycles. The second-order valence-corrected chi connectivity index (χ2v) is 21.3. The number of hydrogen-bond acceptors (Lipinski definition) is 6. The summed E-state index contributed by atoms with van der Waals surface area (Å²) in [5.41, 5.74) is 0. The van der Waals surface area contributed by atoms with Crippen molar-refractivity contribution in [1.82, 2.24) is 0 Å². The molecular formula is C72H120O6. The highest BCUT2D eigenvalue weighted by atomic mass is 16.6. The maximum atomic E-state index is 12.9. The highest BCUT2D eigenvalue weighted by molar-refractivity contribution is 5.71. The van der Waals surface area contributed by atoms with Gasteiger partial charge in [0, 0.05) is 19.3 Å². The largest absolute Gasteiger partial charge is 0.462 e. The van der Waals surface area contributed by atoms with Gasteiger partial charge in [-0.05, 0) is 135 Å². The fourth-order valence-corrected chi connectivity index (χ4v) is 8.80. The smallest absolute Gasteiger partial charge is 0.306 e.